The number of nitriles is 1. The van der Waals surface area contributed by atoms with Crippen LogP contribution < -0.4 is 11.5 Å². The van der Waals surface area contributed by atoms with Crippen LogP contribution in [0.15, 0.2) is 66.9 Å². The Morgan fingerprint density at radius 2 is 1.72 bits per heavy atom. The molecule has 1 aromatic heterocycles. The third-order valence-electron chi connectivity index (χ3n) is 5.39. The minimum absolute atomic E-state index is 0.123. The van der Waals surface area contributed by atoms with Gasteiger partial charge in [0.15, 0.2) is 0 Å². The number of amides is 1. The number of carbonyl (C=O) groups is 1. The van der Waals surface area contributed by atoms with Crippen molar-refractivity contribution in [3.05, 3.63) is 83.6 Å². The van der Waals surface area contributed by atoms with Crippen LogP contribution in [0.4, 0.5) is 5.82 Å². The first-order chi connectivity index (χ1) is 15.6. The highest BCUT2D eigenvalue weighted by molar-refractivity contribution is 5.98. The SMILES string of the molecule is N#CCc1ccc(-c2cnc(N)c(C(N)=O)c2)cc1.c1ccc(COC2CCCC2)cc1. The van der Waals surface area contributed by atoms with Crippen LogP contribution >= 0.6 is 0 Å². The molecule has 1 amide bonds. The molecule has 1 aliphatic carbocycles. The summed E-state index contributed by atoms with van der Waals surface area (Å²) in [6.45, 7) is 0.783. The maximum Gasteiger partial charge on any atom is 0.252 e. The molecule has 4 N–H and O–H groups in total. The summed E-state index contributed by atoms with van der Waals surface area (Å²) in [6, 6.07) is 21.6. The zero-order valence-electron chi connectivity index (χ0n) is 18.0. The van der Waals surface area contributed by atoms with Gasteiger partial charge >= 0.3 is 0 Å². The van der Waals surface area contributed by atoms with Crippen LogP contribution in [0.25, 0.3) is 11.1 Å². The zero-order valence-corrected chi connectivity index (χ0v) is 18.0. The maximum atomic E-state index is 11.2. The second-order valence-electron chi connectivity index (χ2n) is 7.76. The molecule has 0 saturated heterocycles. The van der Waals surface area contributed by atoms with Gasteiger partial charge in [-0.05, 0) is 35.6 Å². The first kappa shape index (κ1) is 23.0. The number of carbonyl (C=O) groups excluding carboxylic acids is 1. The monoisotopic (exact) mass is 428 g/mol. The molecule has 6 heteroatoms. The van der Waals surface area contributed by atoms with E-state index in [0.717, 1.165) is 23.3 Å². The van der Waals surface area contributed by atoms with Crippen molar-refractivity contribution in [3.63, 3.8) is 0 Å². The summed E-state index contributed by atoms with van der Waals surface area (Å²) in [5, 5.41) is 8.61. The third kappa shape index (κ3) is 6.66. The average Bonchev–Trinajstić information content (AvgIpc) is 3.34. The van der Waals surface area contributed by atoms with Crippen molar-refractivity contribution in [2.24, 2.45) is 5.73 Å². The Balaban J connectivity index is 0.000000193. The number of primary amides is 1. The topological polar surface area (TPSA) is 115 Å². The van der Waals surface area contributed by atoms with E-state index in [1.54, 1.807) is 12.3 Å². The van der Waals surface area contributed by atoms with E-state index >= 15 is 0 Å². The van der Waals surface area contributed by atoms with Crippen LogP contribution in [0.5, 0.6) is 0 Å². The summed E-state index contributed by atoms with van der Waals surface area (Å²) in [6.07, 6.45) is 7.69. The summed E-state index contributed by atoms with van der Waals surface area (Å²) in [4.78, 5) is 15.2. The van der Waals surface area contributed by atoms with Gasteiger partial charge in [-0.15, -0.1) is 0 Å². The summed E-state index contributed by atoms with van der Waals surface area (Å²) in [7, 11) is 0. The fraction of sp³-hybridized carbons (Fsp3) is 0.269. The number of anilines is 1. The van der Waals surface area contributed by atoms with Crippen LogP contribution in [-0.4, -0.2) is 17.0 Å². The smallest absolute Gasteiger partial charge is 0.252 e. The number of hydrogen-bond donors (Lipinski definition) is 2. The van der Waals surface area contributed by atoms with Gasteiger partial charge in [-0.25, -0.2) is 4.98 Å². The maximum absolute atomic E-state index is 11.2. The van der Waals surface area contributed by atoms with E-state index in [-0.39, 0.29) is 11.4 Å². The molecule has 0 bridgehead atoms. The number of rotatable bonds is 6. The predicted molar refractivity (Wildman–Crippen MR) is 125 cm³/mol. The Kier molecular flexibility index (Phi) is 8.36. The average molecular weight is 429 g/mol. The molecule has 0 atom stereocenters. The highest BCUT2D eigenvalue weighted by atomic mass is 16.5. The highest BCUT2D eigenvalue weighted by Gasteiger charge is 2.14. The molecule has 0 aliphatic heterocycles. The molecule has 0 unspecified atom stereocenters. The lowest BCUT2D eigenvalue weighted by Crippen LogP contribution is -2.14. The van der Waals surface area contributed by atoms with E-state index in [0.29, 0.717) is 12.5 Å². The zero-order chi connectivity index (χ0) is 22.8. The fourth-order valence-electron chi connectivity index (χ4n) is 3.58. The van der Waals surface area contributed by atoms with Crippen molar-refractivity contribution in [2.75, 3.05) is 5.73 Å². The minimum Gasteiger partial charge on any atom is -0.383 e. The third-order valence-corrected chi connectivity index (χ3v) is 5.39. The van der Waals surface area contributed by atoms with Crippen LogP contribution in [0.1, 0.15) is 47.2 Å². The number of benzene rings is 2. The second kappa shape index (κ2) is 11.6. The molecule has 1 fully saturated rings. The number of hydrogen-bond acceptors (Lipinski definition) is 5. The van der Waals surface area contributed by atoms with Crippen molar-refractivity contribution in [1.82, 2.24) is 4.98 Å². The van der Waals surface area contributed by atoms with Crippen LogP contribution in [0, 0.1) is 11.3 Å². The summed E-state index contributed by atoms with van der Waals surface area (Å²) >= 11 is 0. The summed E-state index contributed by atoms with van der Waals surface area (Å²) in [5.41, 5.74) is 14.9. The quantitative estimate of drug-likeness (QED) is 0.593. The van der Waals surface area contributed by atoms with E-state index in [1.165, 1.54) is 31.2 Å². The molecule has 6 nitrogen and oxygen atoms in total. The van der Waals surface area contributed by atoms with Gasteiger partial charge in [-0.3, -0.25) is 4.79 Å². The number of pyridine rings is 1. The van der Waals surface area contributed by atoms with Crippen LogP contribution in [0.2, 0.25) is 0 Å². The molecule has 1 heterocycles. The Hall–Kier alpha value is -3.69. The van der Waals surface area contributed by atoms with Crippen molar-refractivity contribution < 1.29 is 9.53 Å². The number of ether oxygens (including phenoxy) is 1. The van der Waals surface area contributed by atoms with Gasteiger partial charge in [-0.2, -0.15) is 5.26 Å². The Morgan fingerprint density at radius 1 is 1.03 bits per heavy atom. The summed E-state index contributed by atoms with van der Waals surface area (Å²) < 4.78 is 5.79. The second-order valence-corrected chi connectivity index (χ2v) is 7.76. The molecule has 1 aliphatic rings. The van der Waals surface area contributed by atoms with E-state index in [9.17, 15) is 4.79 Å². The minimum atomic E-state index is -0.604. The van der Waals surface area contributed by atoms with E-state index in [4.69, 9.17) is 21.5 Å². The van der Waals surface area contributed by atoms with Gasteiger partial charge in [0, 0.05) is 11.8 Å². The van der Waals surface area contributed by atoms with Crippen LogP contribution in [-0.2, 0) is 17.8 Å². The van der Waals surface area contributed by atoms with Crippen molar-refractivity contribution in [3.8, 4) is 17.2 Å². The first-order valence-electron chi connectivity index (χ1n) is 10.7. The van der Waals surface area contributed by atoms with E-state index in [1.807, 2.05) is 30.3 Å². The Morgan fingerprint density at radius 3 is 2.34 bits per heavy atom. The molecule has 1 saturated carbocycles. The molecule has 164 valence electrons. The Labute approximate surface area is 188 Å². The first-order valence-corrected chi connectivity index (χ1v) is 10.7. The molecular weight excluding hydrogens is 400 g/mol. The highest BCUT2D eigenvalue weighted by Crippen LogP contribution is 2.23. The van der Waals surface area contributed by atoms with E-state index in [2.05, 4.69) is 35.3 Å². The lowest BCUT2D eigenvalue weighted by molar-refractivity contribution is 0.0457. The molecule has 2 aromatic carbocycles. The van der Waals surface area contributed by atoms with Crippen molar-refractivity contribution >= 4 is 11.7 Å². The number of aromatic nitrogens is 1. The fourth-order valence-corrected chi connectivity index (χ4v) is 3.58. The van der Waals surface area contributed by atoms with Gasteiger partial charge in [-0.1, -0.05) is 67.4 Å². The standard InChI is InChI=1S/C14H12N4O.C12H16O/c15-6-5-9-1-3-10(4-2-9)11-7-12(14(17)19)13(16)18-8-11;1-2-6-11(7-3-1)10-13-12-8-4-5-9-12/h1-4,7-8H,5H2,(H2,16,18)(H2,17,19);1-3,6-7,12H,4-5,8-10H2. The molecule has 0 spiro atoms. The van der Waals surface area contributed by atoms with E-state index < -0.39 is 5.91 Å². The molecule has 0 radical (unpaired) electrons. The Bertz CT molecular complexity index is 1050. The van der Waals surface area contributed by atoms with Crippen molar-refractivity contribution in [1.29, 1.82) is 5.26 Å². The number of nitrogens with two attached hydrogens (primary N) is 2. The van der Waals surface area contributed by atoms with Crippen molar-refractivity contribution in [2.45, 2.75) is 44.8 Å². The predicted octanol–water partition coefficient (Wildman–Crippen LogP) is 4.64. The normalized spacial score (nSPS) is 13.1. The van der Waals surface area contributed by atoms with Gasteiger partial charge in [0.25, 0.3) is 5.91 Å². The van der Waals surface area contributed by atoms with Crippen LogP contribution in [0.3, 0.4) is 0 Å². The summed E-state index contributed by atoms with van der Waals surface area (Å²) in [5.74, 6) is -0.481. The molecule has 32 heavy (non-hydrogen) atoms. The lowest BCUT2D eigenvalue weighted by Gasteiger charge is -2.10. The lowest BCUT2D eigenvalue weighted by atomic mass is 10.0. The van der Waals surface area contributed by atoms with Gasteiger partial charge < -0.3 is 16.2 Å². The van der Waals surface area contributed by atoms with Gasteiger partial charge in [0.2, 0.25) is 0 Å². The molecular formula is C26H28N4O2. The molecule has 4 rings (SSSR count). The molecule has 3 aromatic rings. The number of nitrogens with zero attached hydrogens (tertiary/aromatic N) is 2. The largest absolute Gasteiger partial charge is 0.383 e. The van der Waals surface area contributed by atoms with Gasteiger partial charge in [0.05, 0.1) is 30.8 Å². The van der Waals surface area contributed by atoms with Gasteiger partial charge in [0.1, 0.15) is 5.82 Å². The number of nitrogen functional groups attached to an aromatic ring is 1.